The monoisotopic (exact) mass is 404 g/mol. The Bertz CT molecular complexity index is 1200. The van der Waals surface area contributed by atoms with E-state index in [1.54, 1.807) is 41.6 Å². The molecular weight excluding hydrogens is 383 g/mol. The van der Waals surface area contributed by atoms with Gasteiger partial charge in [-0.3, -0.25) is 4.98 Å². The van der Waals surface area contributed by atoms with Gasteiger partial charge in [0.2, 0.25) is 0 Å². The van der Waals surface area contributed by atoms with Gasteiger partial charge in [-0.15, -0.1) is 0 Å². The standard InChI is InChI=1S/C22H21FN6O/c23-9-14-2-1-5-26-22(14)29-20-8-13(3-4-15(20)10-27-29)18-11-25-12-19(28-18)21(24)16-6-17(30)7-16/h1-5,8,10-12,16-17,21,30H,6-7,9,24H2/t16?,17?,21-/m0/s1. The smallest absolute Gasteiger partial charge is 0.159 e. The number of fused-ring (bicyclic) bond motifs is 1. The van der Waals surface area contributed by atoms with E-state index in [4.69, 9.17) is 10.7 Å². The first-order valence-corrected chi connectivity index (χ1v) is 9.88. The van der Waals surface area contributed by atoms with Crippen LogP contribution < -0.4 is 5.73 Å². The highest BCUT2D eigenvalue weighted by Gasteiger charge is 2.33. The van der Waals surface area contributed by atoms with Crippen molar-refractivity contribution in [2.75, 3.05) is 0 Å². The minimum Gasteiger partial charge on any atom is -0.393 e. The summed E-state index contributed by atoms with van der Waals surface area (Å²) in [7, 11) is 0. The number of pyridine rings is 1. The number of hydrogen-bond donors (Lipinski definition) is 2. The summed E-state index contributed by atoms with van der Waals surface area (Å²) in [6, 6.07) is 9.01. The first kappa shape index (κ1) is 18.8. The lowest BCUT2D eigenvalue weighted by molar-refractivity contribution is 0.0301. The van der Waals surface area contributed by atoms with E-state index in [0.29, 0.717) is 35.6 Å². The molecule has 1 aliphatic rings. The van der Waals surface area contributed by atoms with Crippen LogP contribution >= 0.6 is 0 Å². The largest absolute Gasteiger partial charge is 0.393 e. The molecule has 4 aromatic rings. The van der Waals surface area contributed by atoms with Crippen LogP contribution in [0.15, 0.2) is 55.1 Å². The average molecular weight is 404 g/mol. The molecule has 30 heavy (non-hydrogen) atoms. The SMILES string of the molecule is N[C@H](c1cncc(-c2ccc3cnn(-c4ncccc4CF)c3c2)n1)C1CC(O)C1. The molecule has 1 aromatic carbocycles. The second kappa shape index (κ2) is 7.55. The number of nitrogens with two attached hydrogens (primary N) is 1. The molecule has 152 valence electrons. The summed E-state index contributed by atoms with van der Waals surface area (Å²) in [6.07, 6.45) is 7.86. The highest BCUT2D eigenvalue weighted by molar-refractivity contribution is 5.84. The summed E-state index contributed by atoms with van der Waals surface area (Å²) in [5, 5.41) is 14.9. The van der Waals surface area contributed by atoms with Crippen molar-refractivity contribution in [3.8, 4) is 17.1 Å². The third kappa shape index (κ3) is 3.24. The Hall–Kier alpha value is -3.23. The van der Waals surface area contributed by atoms with Gasteiger partial charge in [-0.05, 0) is 30.9 Å². The number of aliphatic hydroxyl groups excluding tert-OH is 1. The minimum atomic E-state index is -0.620. The van der Waals surface area contributed by atoms with E-state index in [-0.39, 0.29) is 18.1 Å². The summed E-state index contributed by atoms with van der Waals surface area (Å²) in [5.41, 5.74) is 9.89. The first-order chi connectivity index (χ1) is 14.6. The Morgan fingerprint density at radius 3 is 2.87 bits per heavy atom. The van der Waals surface area contributed by atoms with Crippen molar-refractivity contribution in [3.63, 3.8) is 0 Å². The molecule has 5 rings (SSSR count). The molecule has 0 amide bonds. The van der Waals surface area contributed by atoms with Gasteiger partial charge >= 0.3 is 0 Å². The van der Waals surface area contributed by atoms with Gasteiger partial charge in [0.05, 0.1) is 47.6 Å². The van der Waals surface area contributed by atoms with Gasteiger partial charge in [-0.25, -0.2) is 19.0 Å². The maximum Gasteiger partial charge on any atom is 0.159 e. The summed E-state index contributed by atoms with van der Waals surface area (Å²) in [6.45, 7) is -0.620. The van der Waals surface area contributed by atoms with Crippen molar-refractivity contribution >= 4 is 10.9 Å². The van der Waals surface area contributed by atoms with E-state index in [2.05, 4.69) is 15.1 Å². The van der Waals surface area contributed by atoms with Crippen LogP contribution in [-0.4, -0.2) is 35.9 Å². The zero-order valence-electron chi connectivity index (χ0n) is 16.2. The minimum absolute atomic E-state index is 0.219. The third-order valence-electron chi connectivity index (χ3n) is 5.73. The summed E-state index contributed by atoms with van der Waals surface area (Å²) < 4.78 is 15.1. The number of hydrogen-bond acceptors (Lipinski definition) is 6. The molecule has 1 atom stereocenters. The van der Waals surface area contributed by atoms with Gasteiger partial charge in [0.15, 0.2) is 5.82 Å². The van der Waals surface area contributed by atoms with Crippen molar-refractivity contribution in [2.24, 2.45) is 11.7 Å². The molecule has 3 N–H and O–H groups in total. The second-order valence-corrected chi connectivity index (χ2v) is 7.69. The summed E-state index contributed by atoms with van der Waals surface area (Å²) in [4.78, 5) is 13.4. The van der Waals surface area contributed by atoms with Gasteiger partial charge in [0.25, 0.3) is 0 Å². The van der Waals surface area contributed by atoms with Crippen LogP contribution in [0.5, 0.6) is 0 Å². The lowest BCUT2D eigenvalue weighted by Gasteiger charge is -2.35. The molecule has 1 saturated carbocycles. The van der Waals surface area contributed by atoms with E-state index >= 15 is 0 Å². The Morgan fingerprint density at radius 1 is 1.20 bits per heavy atom. The van der Waals surface area contributed by atoms with Crippen LogP contribution in [0.4, 0.5) is 4.39 Å². The number of aliphatic hydroxyl groups is 1. The van der Waals surface area contributed by atoms with E-state index in [1.165, 1.54) is 0 Å². The summed E-state index contributed by atoms with van der Waals surface area (Å²) >= 11 is 0. The van der Waals surface area contributed by atoms with E-state index in [1.807, 2.05) is 18.2 Å². The van der Waals surface area contributed by atoms with Gasteiger partial charge in [0.1, 0.15) is 6.67 Å². The third-order valence-corrected chi connectivity index (χ3v) is 5.73. The predicted octanol–water partition coefficient (Wildman–Crippen LogP) is 3.12. The van der Waals surface area contributed by atoms with Gasteiger partial charge in [0, 0.05) is 22.7 Å². The fraction of sp³-hybridized carbons (Fsp3) is 0.273. The molecule has 0 spiro atoms. The van der Waals surface area contributed by atoms with Crippen molar-refractivity contribution in [2.45, 2.75) is 31.7 Å². The predicted molar refractivity (Wildman–Crippen MR) is 110 cm³/mol. The number of aromatic nitrogens is 5. The lowest BCUT2D eigenvalue weighted by atomic mass is 9.76. The number of rotatable bonds is 5. The average Bonchev–Trinajstić information content (AvgIpc) is 3.19. The summed E-state index contributed by atoms with van der Waals surface area (Å²) in [5.74, 6) is 0.689. The maximum atomic E-state index is 13.4. The fourth-order valence-electron chi connectivity index (χ4n) is 3.92. The highest BCUT2D eigenvalue weighted by Crippen LogP contribution is 2.36. The van der Waals surface area contributed by atoms with E-state index < -0.39 is 6.67 Å². The van der Waals surface area contributed by atoms with Crippen molar-refractivity contribution in [1.82, 2.24) is 24.7 Å². The quantitative estimate of drug-likeness (QED) is 0.530. The van der Waals surface area contributed by atoms with Crippen LogP contribution in [-0.2, 0) is 6.67 Å². The van der Waals surface area contributed by atoms with Gasteiger partial charge in [-0.2, -0.15) is 5.10 Å². The second-order valence-electron chi connectivity index (χ2n) is 7.69. The lowest BCUT2D eigenvalue weighted by Crippen LogP contribution is -2.36. The van der Waals surface area contributed by atoms with E-state index in [9.17, 15) is 9.50 Å². The van der Waals surface area contributed by atoms with Crippen LogP contribution in [0.1, 0.15) is 30.1 Å². The van der Waals surface area contributed by atoms with Crippen LogP contribution in [0.3, 0.4) is 0 Å². The Kier molecular flexibility index (Phi) is 4.72. The number of benzene rings is 1. The number of alkyl halides is 1. The zero-order chi connectivity index (χ0) is 20.7. The van der Waals surface area contributed by atoms with Crippen molar-refractivity contribution in [3.05, 3.63) is 66.4 Å². The number of nitrogens with zero attached hydrogens (tertiary/aromatic N) is 5. The molecule has 1 aliphatic carbocycles. The Balaban J connectivity index is 1.54. The normalized spacial score (nSPS) is 19.6. The molecular formula is C22H21FN6O. The van der Waals surface area contributed by atoms with Crippen LogP contribution in [0.2, 0.25) is 0 Å². The van der Waals surface area contributed by atoms with Gasteiger partial charge < -0.3 is 10.8 Å². The first-order valence-electron chi connectivity index (χ1n) is 9.88. The molecule has 3 heterocycles. The topological polar surface area (TPSA) is 103 Å². The van der Waals surface area contributed by atoms with E-state index in [0.717, 1.165) is 16.5 Å². The molecule has 0 aliphatic heterocycles. The molecule has 0 saturated heterocycles. The zero-order valence-corrected chi connectivity index (χ0v) is 16.2. The molecule has 8 heteroatoms. The molecule has 0 unspecified atom stereocenters. The fourth-order valence-corrected chi connectivity index (χ4v) is 3.92. The van der Waals surface area contributed by atoms with Crippen molar-refractivity contribution in [1.29, 1.82) is 0 Å². The highest BCUT2D eigenvalue weighted by atomic mass is 19.1. The Labute approximate surface area is 172 Å². The van der Waals surface area contributed by atoms with Gasteiger partial charge in [-0.1, -0.05) is 18.2 Å². The molecule has 1 fully saturated rings. The maximum absolute atomic E-state index is 13.4. The molecule has 3 aromatic heterocycles. The van der Waals surface area contributed by atoms with Crippen molar-refractivity contribution < 1.29 is 9.50 Å². The molecule has 7 nitrogen and oxygen atoms in total. The molecule has 0 radical (unpaired) electrons. The number of halogens is 1. The molecule has 0 bridgehead atoms. The van der Waals surface area contributed by atoms with Crippen LogP contribution in [0, 0.1) is 5.92 Å². The Morgan fingerprint density at radius 2 is 2.07 bits per heavy atom. The van der Waals surface area contributed by atoms with Crippen LogP contribution in [0.25, 0.3) is 28.0 Å².